The third kappa shape index (κ3) is 19.9. The van der Waals surface area contributed by atoms with Crippen LogP contribution in [-0.2, 0) is 0 Å². The number of hydrogen-bond donors (Lipinski definition) is 7. The van der Waals surface area contributed by atoms with Crippen LogP contribution in [0.4, 0.5) is 32.1 Å². The van der Waals surface area contributed by atoms with Crippen molar-refractivity contribution in [1.82, 2.24) is 80.7 Å². The van der Waals surface area contributed by atoms with Crippen molar-refractivity contribution < 1.29 is 23.2 Å². The fourth-order valence-electron chi connectivity index (χ4n) is 10.9. The number of nitrogens with zero attached hydrogens (tertiary/aromatic N) is 13. The molecule has 7 N–H and O–H groups in total. The maximum absolute atomic E-state index is 14.5. The molecule has 1 unspecified atom stereocenters. The summed E-state index contributed by atoms with van der Waals surface area (Å²) in [5.74, 6) is 2.60. The summed E-state index contributed by atoms with van der Waals surface area (Å²) >= 11 is 0. The number of aryl methyl sites for hydroxylation is 2. The average molecular weight is 1430 g/mol. The van der Waals surface area contributed by atoms with Crippen LogP contribution in [0.1, 0.15) is 112 Å². The van der Waals surface area contributed by atoms with Crippen molar-refractivity contribution in [3.05, 3.63) is 222 Å². The van der Waals surface area contributed by atoms with Crippen molar-refractivity contribution in [2.75, 3.05) is 68.1 Å². The molecule has 0 aliphatic heterocycles. The number of fused-ring (bicyclic) bond motifs is 3. The van der Waals surface area contributed by atoms with Crippen LogP contribution in [0, 0.1) is 19.7 Å². The third-order valence-corrected chi connectivity index (χ3v) is 16.2. The minimum Gasteiger partial charge on any atom is -0.370 e. The van der Waals surface area contributed by atoms with Gasteiger partial charge >= 0.3 is 0 Å². The highest BCUT2D eigenvalue weighted by molar-refractivity contribution is 7.59. The number of pyridine rings is 5. The zero-order valence-corrected chi connectivity index (χ0v) is 60.8. The number of anilines is 4. The minimum atomic E-state index is -1.11. The molecule has 102 heavy (non-hydrogen) atoms. The molecule has 3 aromatic carbocycles. The van der Waals surface area contributed by atoms with Crippen LogP contribution in [0.3, 0.4) is 0 Å². The number of halogens is 2. The zero-order chi connectivity index (χ0) is 70.0. The molecule has 28 heteroatoms. The summed E-state index contributed by atoms with van der Waals surface area (Å²) in [7, 11) is 3.17. The molecule has 9 heterocycles. The fraction of sp³-hybridized carbons (Fsp3) is 0.243. The monoisotopic (exact) mass is 1430 g/mol. The second-order valence-electron chi connectivity index (χ2n) is 23.5. The van der Waals surface area contributed by atoms with Gasteiger partial charge in [-0.3, -0.25) is 34.3 Å². The SMILES string of the molecule is CCNc1ccc(-c2cc(NC[C@@H](C)c3cc(F)cc4c(C(=O)NC)ccnc34)ncn2)cn1.CNC(=O)c1ccnc2c([C@H](C)CNc3cc(-c4cnc(C)nc4)ncn3)cccc12.Cc1ccc(-c2cc(NC[C@@H](C)c3cccc4c(C(=O)NCC(C)F)ccnc34)ncn2)cn1.S.S.S. The number of para-hydroxylation sites is 2. The summed E-state index contributed by atoms with van der Waals surface area (Å²) in [6.07, 6.45) is 15.4. The van der Waals surface area contributed by atoms with Crippen molar-refractivity contribution >= 4 is 114 Å². The van der Waals surface area contributed by atoms with Gasteiger partial charge in [-0.1, -0.05) is 57.2 Å². The highest BCUT2D eigenvalue weighted by Crippen LogP contribution is 2.32. The van der Waals surface area contributed by atoms with E-state index in [-0.39, 0.29) is 82.5 Å². The quantitative estimate of drug-likeness (QED) is 0.0332. The Morgan fingerprint density at radius 2 is 0.853 bits per heavy atom. The molecule has 9 aromatic heterocycles. The average Bonchev–Trinajstić information content (AvgIpc) is 0.794. The maximum atomic E-state index is 14.5. The topological polar surface area (TPSA) is 303 Å². The van der Waals surface area contributed by atoms with Gasteiger partial charge < -0.3 is 37.2 Å². The van der Waals surface area contributed by atoms with Gasteiger partial charge in [-0.25, -0.2) is 53.6 Å². The van der Waals surface area contributed by atoms with Gasteiger partial charge in [-0.15, -0.1) is 0 Å². The molecule has 23 nitrogen and oxygen atoms in total. The maximum Gasteiger partial charge on any atom is 0.252 e. The van der Waals surface area contributed by atoms with E-state index >= 15 is 0 Å². The van der Waals surface area contributed by atoms with Gasteiger partial charge in [0.05, 0.1) is 50.3 Å². The molecule has 12 aromatic rings. The summed E-state index contributed by atoms with van der Waals surface area (Å²) in [6, 6.07) is 33.0. The Morgan fingerprint density at radius 3 is 1.29 bits per heavy atom. The fourth-order valence-corrected chi connectivity index (χ4v) is 10.9. The second-order valence-corrected chi connectivity index (χ2v) is 23.5. The normalized spacial score (nSPS) is 11.8. The number of carbonyl (C=O) groups is 3. The van der Waals surface area contributed by atoms with Gasteiger partial charge in [-0.05, 0) is 99.0 Å². The Labute approximate surface area is 611 Å². The summed E-state index contributed by atoms with van der Waals surface area (Å²) in [5.41, 5.74) is 12.4. The Bertz CT molecular complexity index is 4800. The molecule has 0 aliphatic carbocycles. The number of benzene rings is 3. The number of rotatable bonds is 22. The molecule has 4 atom stereocenters. The van der Waals surface area contributed by atoms with E-state index in [0.29, 0.717) is 70.3 Å². The number of alkyl halides is 1. The number of carbonyl (C=O) groups excluding carboxylic acids is 3. The van der Waals surface area contributed by atoms with Crippen molar-refractivity contribution in [2.45, 2.75) is 72.4 Å². The standard InChI is InChI=1S/C26H27FN6O.C25H26FN7O.C23H23N7O.3H2S/c1-16(12-30-24-11-23(32-15-33-24)19-8-7-18(3)29-14-19)20-5-4-6-21-22(9-10-28-25(20)21)26(34)31-13-17(2)27;1-4-28-22-6-5-16(13-31-22)21-11-23(33-14-32-21)30-12-15(2)19-9-17(26)10-20-18(25(34)27-3)7-8-29-24(19)20;1-14(17-5-4-6-18-19(23(31)24-3)7-8-25-22(17)18)10-28-21-9-20(29-13-30-21)16-11-26-15(2)27-12-16;;;/h4-11,14-17H,12-13H2,1-3H3,(H,31,34)(H,30,32,33);5-11,13-15H,4,12H2,1-3H3,(H,27,34)(H,28,31)(H,30,32,33);4-9,11-14H,10H2,1-3H3,(H,24,31)(H,28,29,30);3*1H2/t16-,17?;15-;14-;;;/m111.../s1. The first-order valence-electron chi connectivity index (χ1n) is 32.3. The number of hydrogen-bond acceptors (Lipinski definition) is 20. The van der Waals surface area contributed by atoms with Crippen LogP contribution in [0.15, 0.2) is 172 Å². The van der Waals surface area contributed by atoms with E-state index in [1.165, 1.54) is 38.0 Å². The number of amides is 3. The molecule has 528 valence electrons. The van der Waals surface area contributed by atoms with Crippen molar-refractivity contribution in [3.63, 3.8) is 0 Å². The predicted octanol–water partition coefficient (Wildman–Crippen LogP) is 12.6. The van der Waals surface area contributed by atoms with Crippen LogP contribution in [0.5, 0.6) is 0 Å². The number of nitrogens with one attached hydrogen (secondary N) is 7. The van der Waals surface area contributed by atoms with E-state index in [1.807, 2.05) is 107 Å². The van der Waals surface area contributed by atoms with Gasteiger partial charge in [0.15, 0.2) is 0 Å². The Morgan fingerprint density at radius 1 is 0.422 bits per heavy atom. The summed E-state index contributed by atoms with van der Waals surface area (Å²) in [6.45, 7) is 15.9. The summed E-state index contributed by atoms with van der Waals surface area (Å²) < 4.78 is 27.7. The van der Waals surface area contributed by atoms with Crippen LogP contribution < -0.4 is 37.2 Å². The molecule has 12 rings (SSSR count). The lowest BCUT2D eigenvalue weighted by Gasteiger charge is -2.17. The van der Waals surface area contributed by atoms with Gasteiger partial charge in [0.2, 0.25) is 0 Å². The molecule has 0 radical (unpaired) electrons. The van der Waals surface area contributed by atoms with Crippen LogP contribution in [-0.4, -0.2) is 136 Å². The molecule has 0 bridgehead atoms. The first-order chi connectivity index (χ1) is 48.0. The van der Waals surface area contributed by atoms with E-state index in [1.54, 1.807) is 75.7 Å². The smallest absolute Gasteiger partial charge is 0.252 e. The highest BCUT2D eigenvalue weighted by atomic mass is 32.1. The van der Waals surface area contributed by atoms with Crippen molar-refractivity contribution in [3.8, 4) is 33.8 Å². The molecule has 0 aliphatic rings. The lowest BCUT2D eigenvalue weighted by atomic mass is 9.95. The van der Waals surface area contributed by atoms with E-state index in [2.05, 4.69) is 116 Å². The van der Waals surface area contributed by atoms with E-state index in [4.69, 9.17) is 0 Å². The Hall–Kier alpha value is -11.0. The van der Waals surface area contributed by atoms with Gasteiger partial charge in [0.1, 0.15) is 60.1 Å². The molecule has 0 saturated heterocycles. The van der Waals surface area contributed by atoms with Crippen molar-refractivity contribution in [1.29, 1.82) is 0 Å². The van der Waals surface area contributed by atoms with Crippen LogP contribution in [0.2, 0.25) is 0 Å². The predicted molar refractivity (Wildman–Crippen MR) is 414 cm³/mol. The lowest BCUT2D eigenvalue weighted by Crippen LogP contribution is -2.29. The van der Waals surface area contributed by atoms with Gasteiger partial charge in [0.25, 0.3) is 17.7 Å². The molecule has 0 spiro atoms. The first-order valence-corrected chi connectivity index (χ1v) is 32.3. The zero-order valence-electron chi connectivity index (χ0n) is 57.8. The van der Waals surface area contributed by atoms with E-state index in [9.17, 15) is 23.2 Å². The largest absolute Gasteiger partial charge is 0.370 e. The first kappa shape index (κ1) is 78.4. The second kappa shape index (κ2) is 37.5. The minimum absolute atomic E-state index is 0. The third-order valence-electron chi connectivity index (χ3n) is 16.2. The molecular weight excluding hydrogens is 1350 g/mol. The van der Waals surface area contributed by atoms with Crippen LogP contribution in [0.25, 0.3) is 66.5 Å². The lowest BCUT2D eigenvalue weighted by molar-refractivity contribution is 0.0941. The number of aromatic nitrogens is 13. The molecule has 0 fully saturated rings. The Balaban J connectivity index is 0.000000212. The van der Waals surface area contributed by atoms with Crippen molar-refractivity contribution in [2.24, 2.45) is 0 Å². The Kier molecular flexibility index (Phi) is 28.8. The molecule has 0 saturated carbocycles. The van der Waals surface area contributed by atoms with E-state index < -0.39 is 12.0 Å². The van der Waals surface area contributed by atoms with Crippen LogP contribution >= 0.6 is 40.5 Å². The van der Waals surface area contributed by atoms with Gasteiger partial charge in [0, 0.05) is 165 Å². The van der Waals surface area contributed by atoms with Gasteiger partial charge in [-0.2, -0.15) is 40.5 Å². The molecular formula is C74H82F2N20O3S3. The summed E-state index contributed by atoms with van der Waals surface area (Å²) in [5, 5.41) is 23.2. The highest BCUT2D eigenvalue weighted by Gasteiger charge is 2.21. The summed E-state index contributed by atoms with van der Waals surface area (Å²) in [4.78, 5) is 93.7. The van der Waals surface area contributed by atoms with E-state index in [0.717, 1.165) is 90.6 Å². The molecule has 3 amide bonds.